The topological polar surface area (TPSA) is 117 Å². The zero-order valence-electron chi connectivity index (χ0n) is 15.8. The first kappa shape index (κ1) is 21.1. The molecular formula is C17H27N5O4S. The third-order valence-corrected chi connectivity index (χ3v) is 5.26. The van der Waals surface area contributed by atoms with Crippen molar-refractivity contribution < 1.29 is 19.5 Å². The van der Waals surface area contributed by atoms with Gasteiger partial charge < -0.3 is 15.7 Å². The molecule has 3 amide bonds. The molecule has 3 N–H and O–H groups in total. The van der Waals surface area contributed by atoms with E-state index in [1.54, 1.807) is 24.1 Å². The second kappa shape index (κ2) is 9.63. The van der Waals surface area contributed by atoms with Gasteiger partial charge in [-0.2, -0.15) is 16.9 Å². The number of thioether (sulfide) groups is 1. The summed E-state index contributed by atoms with van der Waals surface area (Å²) in [5, 5.41) is 18.9. The fourth-order valence-corrected chi connectivity index (χ4v) is 3.94. The molecule has 27 heavy (non-hydrogen) atoms. The Kier molecular flexibility index (Phi) is 7.52. The highest BCUT2D eigenvalue weighted by Crippen LogP contribution is 2.17. The molecule has 0 spiro atoms. The van der Waals surface area contributed by atoms with E-state index in [-0.39, 0.29) is 11.8 Å². The van der Waals surface area contributed by atoms with E-state index in [0.29, 0.717) is 31.0 Å². The number of amides is 3. The van der Waals surface area contributed by atoms with Gasteiger partial charge in [0.25, 0.3) is 0 Å². The van der Waals surface area contributed by atoms with Gasteiger partial charge >= 0.3 is 6.09 Å². The van der Waals surface area contributed by atoms with E-state index in [4.69, 9.17) is 0 Å². The normalized spacial score (nSPS) is 18.2. The van der Waals surface area contributed by atoms with Gasteiger partial charge in [-0.05, 0) is 12.3 Å². The maximum atomic E-state index is 12.7. The summed E-state index contributed by atoms with van der Waals surface area (Å²) in [4.78, 5) is 37.8. The van der Waals surface area contributed by atoms with Crippen LogP contribution < -0.4 is 10.6 Å². The first-order chi connectivity index (χ1) is 12.8. The highest BCUT2D eigenvalue weighted by Gasteiger charge is 2.34. The molecule has 1 aliphatic heterocycles. The van der Waals surface area contributed by atoms with Crippen LogP contribution in [0.5, 0.6) is 0 Å². The molecule has 0 radical (unpaired) electrons. The van der Waals surface area contributed by atoms with Gasteiger partial charge in [-0.15, -0.1) is 0 Å². The van der Waals surface area contributed by atoms with E-state index < -0.39 is 24.1 Å². The number of hydrogen-bond donors (Lipinski definition) is 3. The van der Waals surface area contributed by atoms with Crippen LogP contribution in [0, 0.1) is 5.92 Å². The smallest absolute Gasteiger partial charge is 0.408 e. The van der Waals surface area contributed by atoms with Crippen molar-refractivity contribution in [2.24, 2.45) is 13.0 Å². The molecule has 2 atom stereocenters. The van der Waals surface area contributed by atoms with Crippen LogP contribution in [0.3, 0.4) is 0 Å². The van der Waals surface area contributed by atoms with Crippen molar-refractivity contribution in [3.8, 4) is 0 Å². The number of carbonyl (C=O) groups excluding carboxylic acids is 2. The van der Waals surface area contributed by atoms with E-state index in [9.17, 15) is 19.5 Å². The maximum Gasteiger partial charge on any atom is 0.408 e. The van der Waals surface area contributed by atoms with Crippen molar-refractivity contribution in [3.63, 3.8) is 0 Å². The molecule has 0 aliphatic carbocycles. The molecule has 1 aliphatic rings. The summed E-state index contributed by atoms with van der Waals surface area (Å²) in [6.07, 6.45) is 2.83. The molecule has 2 rings (SSSR count). The molecule has 0 bridgehead atoms. The van der Waals surface area contributed by atoms with Crippen molar-refractivity contribution >= 4 is 29.7 Å². The first-order valence-electron chi connectivity index (χ1n) is 8.90. The maximum absolute atomic E-state index is 12.7. The summed E-state index contributed by atoms with van der Waals surface area (Å²) in [6.45, 7) is 4.55. The molecule has 9 nitrogen and oxygen atoms in total. The Morgan fingerprint density at radius 2 is 2.15 bits per heavy atom. The van der Waals surface area contributed by atoms with Crippen LogP contribution in [0.4, 0.5) is 4.79 Å². The number of nitrogens with zero attached hydrogens (tertiary/aromatic N) is 3. The first-order valence-corrected chi connectivity index (χ1v) is 10.1. The summed E-state index contributed by atoms with van der Waals surface area (Å²) in [5.74, 6) is 0.537. The Labute approximate surface area is 162 Å². The summed E-state index contributed by atoms with van der Waals surface area (Å²) in [6, 6.07) is -1.49. The van der Waals surface area contributed by atoms with Gasteiger partial charge in [-0.3, -0.25) is 19.2 Å². The Balaban J connectivity index is 2.00. The Bertz CT molecular complexity index is 678. The Hall–Kier alpha value is -2.23. The molecule has 1 aromatic heterocycles. The van der Waals surface area contributed by atoms with E-state index in [2.05, 4.69) is 15.7 Å². The minimum absolute atomic E-state index is 0.191. The Morgan fingerprint density at radius 3 is 2.74 bits per heavy atom. The fourth-order valence-electron chi connectivity index (χ4n) is 2.90. The number of hydrogen-bond acceptors (Lipinski definition) is 5. The van der Waals surface area contributed by atoms with Gasteiger partial charge in [0.15, 0.2) is 0 Å². The van der Waals surface area contributed by atoms with Gasteiger partial charge in [0, 0.05) is 43.4 Å². The molecule has 2 heterocycles. The summed E-state index contributed by atoms with van der Waals surface area (Å²) in [5.41, 5.74) is 0.862. The summed E-state index contributed by atoms with van der Waals surface area (Å²) in [7, 11) is 1.80. The number of aryl methyl sites for hydroxylation is 1. The van der Waals surface area contributed by atoms with Crippen molar-refractivity contribution in [1.29, 1.82) is 0 Å². The Morgan fingerprint density at radius 1 is 1.41 bits per heavy atom. The molecule has 150 valence electrons. The predicted octanol–water partition coefficient (Wildman–Crippen LogP) is 0.663. The monoisotopic (exact) mass is 397 g/mol. The van der Waals surface area contributed by atoms with E-state index in [1.807, 2.05) is 13.8 Å². The van der Waals surface area contributed by atoms with Crippen LogP contribution in [-0.2, 0) is 23.2 Å². The number of nitrogens with one attached hydrogen (secondary N) is 2. The lowest BCUT2D eigenvalue weighted by Gasteiger charge is -2.33. The molecule has 2 unspecified atom stereocenters. The SMILES string of the molecule is CC(C)CC(NC(=O)C1CSCCN1C(=O)O)C(=O)NCc1cnn(C)c1. The molecule has 1 fully saturated rings. The quantitative estimate of drug-likeness (QED) is 0.622. The van der Waals surface area contributed by atoms with Gasteiger partial charge in [-0.25, -0.2) is 4.79 Å². The van der Waals surface area contributed by atoms with Crippen LogP contribution in [0.2, 0.25) is 0 Å². The van der Waals surface area contributed by atoms with Crippen molar-refractivity contribution in [3.05, 3.63) is 18.0 Å². The van der Waals surface area contributed by atoms with Gasteiger partial charge in [0.05, 0.1) is 6.20 Å². The third-order valence-electron chi connectivity index (χ3n) is 4.24. The average molecular weight is 398 g/mol. The molecule has 0 aromatic carbocycles. The second-order valence-corrected chi connectivity index (χ2v) is 8.15. The molecular weight excluding hydrogens is 370 g/mol. The van der Waals surface area contributed by atoms with E-state index in [1.165, 1.54) is 11.8 Å². The summed E-state index contributed by atoms with van der Waals surface area (Å²) >= 11 is 1.54. The van der Waals surface area contributed by atoms with Crippen molar-refractivity contribution in [2.45, 2.75) is 38.9 Å². The summed E-state index contributed by atoms with van der Waals surface area (Å²) < 4.78 is 1.65. The lowest BCUT2D eigenvalue weighted by Crippen LogP contribution is -2.57. The lowest BCUT2D eigenvalue weighted by molar-refractivity contribution is -0.131. The highest BCUT2D eigenvalue weighted by molar-refractivity contribution is 7.99. The predicted molar refractivity (Wildman–Crippen MR) is 102 cm³/mol. The minimum atomic E-state index is -1.11. The van der Waals surface area contributed by atoms with E-state index in [0.717, 1.165) is 10.5 Å². The fraction of sp³-hybridized carbons (Fsp3) is 0.647. The van der Waals surface area contributed by atoms with Gasteiger partial charge in [0.2, 0.25) is 11.8 Å². The number of rotatable bonds is 7. The standard InChI is InChI=1S/C17H27N5O4S/c1-11(2)6-13(15(23)18-7-12-8-19-21(3)9-12)20-16(24)14-10-27-5-4-22(14)17(25)26/h8-9,11,13-14H,4-7,10H2,1-3H3,(H,18,23)(H,20,24)(H,25,26). The van der Waals surface area contributed by atoms with Crippen LogP contribution >= 0.6 is 11.8 Å². The lowest BCUT2D eigenvalue weighted by atomic mass is 10.0. The average Bonchev–Trinajstić information content (AvgIpc) is 3.04. The highest BCUT2D eigenvalue weighted by atomic mass is 32.2. The largest absolute Gasteiger partial charge is 0.465 e. The number of carboxylic acid groups (broad SMARTS) is 1. The minimum Gasteiger partial charge on any atom is -0.465 e. The van der Waals surface area contributed by atoms with E-state index >= 15 is 0 Å². The number of aromatic nitrogens is 2. The molecule has 0 saturated carbocycles. The van der Waals surface area contributed by atoms with Crippen LogP contribution in [0.15, 0.2) is 12.4 Å². The van der Waals surface area contributed by atoms with Crippen LogP contribution in [-0.4, -0.2) is 67.8 Å². The molecule has 10 heteroatoms. The zero-order chi connectivity index (χ0) is 20.0. The third kappa shape index (κ3) is 6.16. The zero-order valence-corrected chi connectivity index (χ0v) is 16.7. The van der Waals surface area contributed by atoms with Gasteiger partial charge in [0.1, 0.15) is 12.1 Å². The van der Waals surface area contributed by atoms with Crippen molar-refractivity contribution in [1.82, 2.24) is 25.3 Å². The van der Waals surface area contributed by atoms with Crippen LogP contribution in [0.25, 0.3) is 0 Å². The van der Waals surface area contributed by atoms with Crippen molar-refractivity contribution in [2.75, 3.05) is 18.1 Å². The second-order valence-electron chi connectivity index (χ2n) is 7.00. The van der Waals surface area contributed by atoms with Crippen LogP contribution in [0.1, 0.15) is 25.8 Å². The number of carbonyl (C=O) groups is 3. The van der Waals surface area contributed by atoms with Gasteiger partial charge in [-0.1, -0.05) is 13.8 Å². The molecule has 1 saturated heterocycles. The molecule has 1 aromatic rings.